The molecule has 0 atom stereocenters. The van der Waals surface area contributed by atoms with Gasteiger partial charge in [-0.15, -0.1) is 0 Å². The normalized spacial score (nSPS) is 22.5. The molecule has 0 saturated heterocycles. The Morgan fingerprint density at radius 1 is 1.33 bits per heavy atom. The van der Waals surface area contributed by atoms with Crippen molar-refractivity contribution in [2.45, 2.75) is 64.7 Å². The highest BCUT2D eigenvalue weighted by Gasteiger charge is 2.25. The third-order valence-corrected chi connectivity index (χ3v) is 5.73. The standard InChI is InChI=1S/C16H22N4S/c1-3-4-5-12-6-8-13(9-7-12)15-19-20-14(10-17)11(2)18-16(20)21-15/h12-13H,3-9H2,1-2H3. The van der Waals surface area contributed by atoms with E-state index in [0.29, 0.717) is 11.6 Å². The van der Waals surface area contributed by atoms with E-state index in [1.807, 2.05) is 6.92 Å². The molecule has 0 spiro atoms. The van der Waals surface area contributed by atoms with Crippen molar-refractivity contribution in [3.8, 4) is 6.07 Å². The third kappa shape index (κ3) is 2.82. The Hall–Kier alpha value is -1.41. The minimum atomic E-state index is 0.571. The fraction of sp³-hybridized carbons (Fsp3) is 0.688. The van der Waals surface area contributed by atoms with Crippen molar-refractivity contribution in [1.82, 2.24) is 14.6 Å². The maximum absolute atomic E-state index is 9.20. The number of hydrogen-bond acceptors (Lipinski definition) is 4. The van der Waals surface area contributed by atoms with Crippen LogP contribution in [0, 0.1) is 24.2 Å². The Bertz CT molecular complexity index is 656. The van der Waals surface area contributed by atoms with E-state index < -0.39 is 0 Å². The molecule has 112 valence electrons. The van der Waals surface area contributed by atoms with Crippen LogP contribution in [0.25, 0.3) is 4.96 Å². The average molecular weight is 302 g/mol. The van der Waals surface area contributed by atoms with Crippen LogP contribution < -0.4 is 0 Å². The van der Waals surface area contributed by atoms with Gasteiger partial charge in [0.2, 0.25) is 4.96 Å². The van der Waals surface area contributed by atoms with Gasteiger partial charge in [-0.05, 0) is 38.5 Å². The van der Waals surface area contributed by atoms with Crippen molar-refractivity contribution >= 4 is 16.3 Å². The monoisotopic (exact) mass is 302 g/mol. The van der Waals surface area contributed by atoms with Gasteiger partial charge in [0.1, 0.15) is 11.1 Å². The molecule has 5 heteroatoms. The molecular weight excluding hydrogens is 280 g/mol. The number of aromatic nitrogens is 3. The molecule has 0 aromatic carbocycles. The summed E-state index contributed by atoms with van der Waals surface area (Å²) in [6, 6.07) is 2.21. The molecule has 1 saturated carbocycles. The number of hydrogen-bond donors (Lipinski definition) is 0. The number of fused-ring (bicyclic) bond motifs is 1. The third-order valence-electron chi connectivity index (χ3n) is 4.66. The minimum absolute atomic E-state index is 0.571. The molecule has 2 heterocycles. The summed E-state index contributed by atoms with van der Waals surface area (Å²) in [7, 11) is 0. The smallest absolute Gasteiger partial charge is 0.213 e. The molecule has 1 aliphatic carbocycles. The van der Waals surface area contributed by atoms with Gasteiger partial charge in [0, 0.05) is 5.92 Å². The predicted octanol–water partition coefficient (Wildman–Crippen LogP) is 4.43. The molecule has 1 aliphatic rings. The second-order valence-corrected chi connectivity index (χ2v) is 7.14. The zero-order valence-electron chi connectivity index (χ0n) is 12.8. The molecule has 3 rings (SSSR count). The molecule has 1 fully saturated rings. The van der Waals surface area contributed by atoms with Crippen molar-refractivity contribution in [3.05, 3.63) is 16.4 Å². The molecule has 0 amide bonds. The van der Waals surface area contributed by atoms with E-state index in [-0.39, 0.29) is 0 Å². The Morgan fingerprint density at radius 3 is 2.76 bits per heavy atom. The summed E-state index contributed by atoms with van der Waals surface area (Å²) >= 11 is 1.66. The summed E-state index contributed by atoms with van der Waals surface area (Å²) in [5.74, 6) is 1.49. The lowest BCUT2D eigenvalue weighted by molar-refractivity contribution is 0.303. The molecule has 2 aromatic heterocycles. The van der Waals surface area contributed by atoms with Gasteiger partial charge < -0.3 is 0 Å². The highest BCUT2D eigenvalue weighted by molar-refractivity contribution is 7.16. The molecule has 0 bridgehead atoms. The van der Waals surface area contributed by atoms with E-state index in [0.717, 1.165) is 16.6 Å². The van der Waals surface area contributed by atoms with Gasteiger partial charge in [-0.25, -0.2) is 4.98 Å². The van der Waals surface area contributed by atoms with Crippen LogP contribution in [0.5, 0.6) is 0 Å². The summed E-state index contributed by atoms with van der Waals surface area (Å²) in [5, 5.41) is 15.0. The lowest BCUT2D eigenvalue weighted by Gasteiger charge is -2.26. The first-order chi connectivity index (χ1) is 10.2. The number of imidazole rings is 1. The first-order valence-electron chi connectivity index (χ1n) is 7.99. The topological polar surface area (TPSA) is 54.0 Å². The second-order valence-electron chi connectivity index (χ2n) is 6.15. The largest absolute Gasteiger partial charge is 0.221 e. The Morgan fingerprint density at radius 2 is 2.10 bits per heavy atom. The predicted molar refractivity (Wildman–Crippen MR) is 84.5 cm³/mol. The Balaban J connectivity index is 1.71. The van der Waals surface area contributed by atoms with Crippen LogP contribution in [0.2, 0.25) is 0 Å². The lowest BCUT2D eigenvalue weighted by Crippen LogP contribution is -2.13. The zero-order chi connectivity index (χ0) is 14.8. The van der Waals surface area contributed by atoms with E-state index >= 15 is 0 Å². The van der Waals surface area contributed by atoms with Gasteiger partial charge in [-0.3, -0.25) is 0 Å². The summed E-state index contributed by atoms with van der Waals surface area (Å²) in [5.41, 5.74) is 1.37. The van der Waals surface area contributed by atoms with E-state index in [1.54, 1.807) is 15.9 Å². The van der Waals surface area contributed by atoms with Crippen molar-refractivity contribution < 1.29 is 0 Å². The van der Waals surface area contributed by atoms with Crippen LogP contribution >= 0.6 is 11.3 Å². The van der Waals surface area contributed by atoms with Gasteiger partial charge in [0.25, 0.3) is 0 Å². The molecule has 4 nitrogen and oxygen atoms in total. The van der Waals surface area contributed by atoms with Gasteiger partial charge in [-0.2, -0.15) is 14.9 Å². The number of rotatable bonds is 4. The highest BCUT2D eigenvalue weighted by atomic mass is 32.1. The van der Waals surface area contributed by atoms with Gasteiger partial charge >= 0.3 is 0 Å². The quantitative estimate of drug-likeness (QED) is 0.839. The summed E-state index contributed by atoms with van der Waals surface area (Å²) in [4.78, 5) is 5.32. The van der Waals surface area contributed by atoms with Crippen LogP contribution in [-0.2, 0) is 0 Å². The Kier molecular flexibility index (Phi) is 4.25. The van der Waals surface area contributed by atoms with Crippen LogP contribution in [0.3, 0.4) is 0 Å². The van der Waals surface area contributed by atoms with Crippen LogP contribution in [-0.4, -0.2) is 14.6 Å². The first kappa shape index (κ1) is 14.5. The van der Waals surface area contributed by atoms with Gasteiger partial charge in [0.05, 0.1) is 5.69 Å². The fourth-order valence-corrected chi connectivity index (χ4v) is 4.46. The number of nitriles is 1. The molecule has 0 radical (unpaired) electrons. The van der Waals surface area contributed by atoms with Crippen molar-refractivity contribution in [1.29, 1.82) is 5.26 Å². The number of aryl methyl sites for hydroxylation is 1. The molecule has 2 aromatic rings. The average Bonchev–Trinajstić information content (AvgIpc) is 3.02. The van der Waals surface area contributed by atoms with Gasteiger partial charge in [0.15, 0.2) is 5.69 Å². The molecule has 0 unspecified atom stereocenters. The summed E-state index contributed by atoms with van der Waals surface area (Å²) in [6.45, 7) is 4.14. The number of unbranched alkanes of at least 4 members (excludes halogenated alkanes) is 1. The first-order valence-corrected chi connectivity index (χ1v) is 8.80. The summed E-state index contributed by atoms with van der Waals surface area (Å²) in [6.07, 6.45) is 9.21. The molecule has 21 heavy (non-hydrogen) atoms. The maximum Gasteiger partial charge on any atom is 0.213 e. The fourth-order valence-electron chi connectivity index (χ4n) is 3.35. The number of nitrogens with zero attached hydrogens (tertiary/aromatic N) is 4. The van der Waals surface area contributed by atoms with Crippen molar-refractivity contribution in [3.63, 3.8) is 0 Å². The molecule has 0 aliphatic heterocycles. The lowest BCUT2D eigenvalue weighted by atomic mass is 9.80. The SMILES string of the molecule is CCCCC1CCC(c2nn3c(C#N)c(C)nc3s2)CC1. The highest BCUT2D eigenvalue weighted by Crippen LogP contribution is 2.39. The van der Waals surface area contributed by atoms with E-state index in [9.17, 15) is 5.26 Å². The minimum Gasteiger partial charge on any atom is -0.221 e. The Labute approximate surface area is 129 Å². The van der Waals surface area contributed by atoms with Gasteiger partial charge in [-0.1, -0.05) is 37.5 Å². The van der Waals surface area contributed by atoms with Crippen molar-refractivity contribution in [2.75, 3.05) is 0 Å². The maximum atomic E-state index is 9.20. The van der Waals surface area contributed by atoms with Crippen LogP contribution in [0.1, 0.15) is 74.2 Å². The van der Waals surface area contributed by atoms with E-state index in [1.165, 1.54) is 50.0 Å². The van der Waals surface area contributed by atoms with E-state index in [4.69, 9.17) is 0 Å². The zero-order valence-corrected chi connectivity index (χ0v) is 13.6. The van der Waals surface area contributed by atoms with Crippen LogP contribution in [0.4, 0.5) is 0 Å². The summed E-state index contributed by atoms with van der Waals surface area (Å²) < 4.78 is 1.73. The van der Waals surface area contributed by atoms with E-state index in [2.05, 4.69) is 23.1 Å². The second kappa shape index (κ2) is 6.15. The van der Waals surface area contributed by atoms with Crippen molar-refractivity contribution in [2.24, 2.45) is 5.92 Å². The molecular formula is C16H22N4S. The van der Waals surface area contributed by atoms with Crippen LogP contribution in [0.15, 0.2) is 0 Å². The molecule has 0 N–H and O–H groups in total.